The Kier molecular flexibility index (Phi) is 13.1. The third kappa shape index (κ3) is 13.1. The van der Waals surface area contributed by atoms with Crippen molar-refractivity contribution in [1.82, 2.24) is 0 Å². The molecule has 0 saturated carbocycles. The van der Waals surface area contributed by atoms with Gasteiger partial charge in [-0.2, -0.15) is 0 Å². The molecular formula is C20H34O4. The first-order chi connectivity index (χ1) is 11.8. The fourth-order valence-corrected chi connectivity index (χ4v) is 2.82. The summed E-state index contributed by atoms with van der Waals surface area (Å²) >= 11 is 0. The van der Waals surface area contributed by atoms with Crippen LogP contribution in [0, 0.1) is 0 Å². The van der Waals surface area contributed by atoms with E-state index >= 15 is 0 Å². The molecule has 4 nitrogen and oxygen atoms in total. The van der Waals surface area contributed by atoms with E-state index in [2.05, 4.69) is 0 Å². The monoisotopic (exact) mass is 338 g/mol. The summed E-state index contributed by atoms with van der Waals surface area (Å²) in [4.78, 5) is 23.0. The number of carbonyl (C=O) groups excluding carboxylic acids is 2. The summed E-state index contributed by atoms with van der Waals surface area (Å²) < 4.78 is 10.3. The molecule has 0 atom stereocenters. The predicted molar refractivity (Wildman–Crippen MR) is 95.7 cm³/mol. The maximum atomic E-state index is 11.5. The Morgan fingerprint density at radius 3 is 1.12 bits per heavy atom. The highest BCUT2D eigenvalue weighted by Gasteiger charge is 2.02. The summed E-state index contributed by atoms with van der Waals surface area (Å²) in [6, 6.07) is 0. The van der Waals surface area contributed by atoms with Crippen molar-refractivity contribution in [2.75, 3.05) is 13.2 Å². The molecule has 0 N–H and O–H groups in total. The van der Waals surface area contributed by atoms with Crippen LogP contribution in [0.3, 0.4) is 0 Å². The van der Waals surface area contributed by atoms with Crippen LogP contribution in [0.15, 0.2) is 12.2 Å². The molecule has 0 spiro atoms. The van der Waals surface area contributed by atoms with Crippen LogP contribution in [0.1, 0.15) is 89.9 Å². The fourth-order valence-electron chi connectivity index (χ4n) is 2.82. The van der Waals surface area contributed by atoms with Crippen LogP contribution in [0.25, 0.3) is 0 Å². The van der Waals surface area contributed by atoms with Gasteiger partial charge < -0.3 is 9.47 Å². The van der Waals surface area contributed by atoms with E-state index in [1.165, 1.54) is 51.4 Å². The first-order valence-corrected chi connectivity index (χ1v) is 9.75. The lowest BCUT2D eigenvalue weighted by Crippen LogP contribution is -2.05. The van der Waals surface area contributed by atoms with Crippen LogP contribution in [0.5, 0.6) is 0 Å². The Hall–Kier alpha value is -1.32. The van der Waals surface area contributed by atoms with Gasteiger partial charge in [-0.1, -0.05) is 76.4 Å². The Balaban J connectivity index is 2.23. The van der Waals surface area contributed by atoms with Gasteiger partial charge >= 0.3 is 11.9 Å². The summed E-state index contributed by atoms with van der Waals surface area (Å²) in [6.07, 6.45) is 18.4. The van der Waals surface area contributed by atoms with E-state index in [9.17, 15) is 9.59 Å². The standard InChI is InChI=1S/C20H34O4/c21-19-15-11-12-16-20(22)24-18-14-10-8-6-4-2-1-3-5-7-9-13-17-23-19/h11-12H,1-10,13-18H2. The maximum Gasteiger partial charge on any atom is 0.309 e. The van der Waals surface area contributed by atoms with Gasteiger partial charge in [0, 0.05) is 0 Å². The van der Waals surface area contributed by atoms with Gasteiger partial charge in [-0.05, 0) is 12.8 Å². The molecule has 1 aliphatic heterocycles. The van der Waals surface area contributed by atoms with Crippen LogP contribution in [-0.2, 0) is 19.1 Å². The molecule has 0 aliphatic carbocycles. The minimum absolute atomic E-state index is 0.221. The number of ether oxygens (including phenoxy) is 2. The second-order valence-electron chi connectivity index (χ2n) is 6.56. The van der Waals surface area contributed by atoms with Crippen molar-refractivity contribution in [3.05, 3.63) is 12.2 Å². The number of rotatable bonds is 0. The maximum absolute atomic E-state index is 11.5. The zero-order valence-corrected chi connectivity index (χ0v) is 15.1. The number of hydrogen-bond acceptors (Lipinski definition) is 4. The van der Waals surface area contributed by atoms with E-state index in [4.69, 9.17) is 9.47 Å². The van der Waals surface area contributed by atoms with Crippen LogP contribution in [0.4, 0.5) is 0 Å². The van der Waals surface area contributed by atoms with Gasteiger partial charge in [0.25, 0.3) is 0 Å². The number of carbonyl (C=O) groups is 2. The average Bonchev–Trinajstić information content (AvgIpc) is 2.57. The number of esters is 2. The van der Waals surface area contributed by atoms with Gasteiger partial charge in [0.2, 0.25) is 0 Å². The second kappa shape index (κ2) is 15.2. The predicted octanol–water partition coefficient (Wildman–Crippen LogP) is 5.10. The third-order valence-electron chi connectivity index (χ3n) is 4.30. The smallest absolute Gasteiger partial charge is 0.309 e. The van der Waals surface area contributed by atoms with Crippen LogP contribution < -0.4 is 0 Å². The Labute approximate surface area is 147 Å². The average molecular weight is 338 g/mol. The van der Waals surface area contributed by atoms with Gasteiger partial charge in [0.15, 0.2) is 0 Å². The lowest BCUT2D eigenvalue weighted by atomic mass is 10.1. The van der Waals surface area contributed by atoms with Gasteiger partial charge in [0.1, 0.15) is 0 Å². The van der Waals surface area contributed by atoms with E-state index in [1.807, 2.05) is 0 Å². The van der Waals surface area contributed by atoms with Crippen LogP contribution >= 0.6 is 0 Å². The quantitative estimate of drug-likeness (QED) is 0.455. The highest BCUT2D eigenvalue weighted by atomic mass is 16.5. The van der Waals surface area contributed by atoms with E-state index < -0.39 is 0 Å². The van der Waals surface area contributed by atoms with Crippen molar-refractivity contribution in [2.24, 2.45) is 0 Å². The van der Waals surface area contributed by atoms with E-state index in [0.29, 0.717) is 13.2 Å². The fraction of sp³-hybridized carbons (Fsp3) is 0.800. The highest BCUT2D eigenvalue weighted by molar-refractivity contribution is 5.73. The zero-order chi connectivity index (χ0) is 17.3. The molecule has 0 aromatic carbocycles. The molecule has 0 aromatic rings. The molecule has 0 radical (unpaired) electrons. The normalized spacial score (nSPS) is 21.8. The van der Waals surface area contributed by atoms with E-state index in [0.717, 1.165) is 25.7 Å². The summed E-state index contributed by atoms with van der Waals surface area (Å²) in [5, 5.41) is 0. The minimum Gasteiger partial charge on any atom is -0.465 e. The molecule has 0 amide bonds. The van der Waals surface area contributed by atoms with Crippen LogP contribution in [-0.4, -0.2) is 25.2 Å². The number of cyclic esters (lactones) is 2. The topological polar surface area (TPSA) is 52.6 Å². The summed E-state index contributed by atoms with van der Waals surface area (Å²) in [5.74, 6) is -0.441. The summed E-state index contributed by atoms with van der Waals surface area (Å²) in [7, 11) is 0. The van der Waals surface area contributed by atoms with Crippen molar-refractivity contribution < 1.29 is 19.1 Å². The van der Waals surface area contributed by atoms with Crippen molar-refractivity contribution >= 4 is 11.9 Å². The SMILES string of the molecule is O=C1CC=CCC(=O)OCCCCCCCCCCCCCCO1. The van der Waals surface area contributed by atoms with Crippen molar-refractivity contribution in [3.63, 3.8) is 0 Å². The van der Waals surface area contributed by atoms with E-state index in [1.54, 1.807) is 12.2 Å². The third-order valence-corrected chi connectivity index (χ3v) is 4.30. The molecule has 0 saturated heterocycles. The summed E-state index contributed by atoms with van der Waals surface area (Å²) in [6.45, 7) is 1.02. The molecular weight excluding hydrogens is 304 g/mol. The Morgan fingerprint density at radius 1 is 0.500 bits per heavy atom. The molecule has 1 rings (SSSR count). The van der Waals surface area contributed by atoms with Gasteiger partial charge in [-0.15, -0.1) is 0 Å². The first kappa shape index (κ1) is 20.7. The van der Waals surface area contributed by atoms with Gasteiger partial charge in [-0.3, -0.25) is 9.59 Å². The molecule has 0 bridgehead atoms. The molecule has 0 aromatic heterocycles. The lowest BCUT2D eigenvalue weighted by Gasteiger charge is -2.05. The molecule has 4 heteroatoms. The Bertz CT molecular complexity index is 329. The highest BCUT2D eigenvalue weighted by Crippen LogP contribution is 2.12. The molecule has 1 aliphatic rings. The Morgan fingerprint density at radius 2 is 0.792 bits per heavy atom. The number of hydrogen-bond donors (Lipinski definition) is 0. The second-order valence-corrected chi connectivity index (χ2v) is 6.56. The molecule has 0 unspecified atom stereocenters. The van der Waals surface area contributed by atoms with Gasteiger partial charge in [-0.25, -0.2) is 0 Å². The van der Waals surface area contributed by atoms with Crippen molar-refractivity contribution in [3.8, 4) is 0 Å². The molecule has 0 fully saturated rings. The molecule has 138 valence electrons. The van der Waals surface area contributed by atoms with Crippen molar-refractivity contribution in [2.45, 2.75) is 89.9 Å². The molecule has 24 heavy (non-hydrogen) atoms. The van der Waals surface area contributed by atoms with Crippen LogP contribution in [0.2, 0.25) is 0 Å². The summed E-state index contributed by atoms with van der Waals surface area (Å²) in [5.41, 5.74) is 0. The van der Waals surface area contributed by atoms with E-state index in [-0.39, 0.29) is 24.8 Å². The first-order valence-electron chi connectivity index (χ1n) is 9.75. The van der Waals surface area contributed by atoms with Gasteiger partial charge in [0.05, 0.1) is 26.1 Å². The largest absolute Gasteiger partial charge is 0.465 e. The zero-order valence-electron chi connectivity index (χ0n) is 15.1. The minimum atomic E-state index is -0.221. The lowest BCUT2D eigenvalue weighted by molar-refractivity contribution is -0.144. The molecule has 1 heterocycles. The van der Waals surface area contributed by atoms with Crippen molar-refractivity contribution in [1.29, 1.82) is 0 Å².